The molecule has 0 bridgehead atoms. The molecule has 1 aromatic heterocycles. The highest BCUT2D eigenvalue weighted by atomic mass is 32.1. The average molecular weight is 477 g/mol. The fourth-order valence-corrected chi connectivity index (χ4v) is 5.84. The summed E-state index contributed by atoms with van der Waals surface area (Å²) in [6.07, 6.45) is 0.267. The van der Waals surface area contributed by atoms with Gasteiger partial charge < -0.3 is 14.4 Å². The van der Waals surface area contributed by atoms with Crippen molar-refractivity contribution in [3.8, 4) is 10.6 Å². The topological polar surface area (TPSA) is 78.8 Å². The van der Waals surface area contributed by atoms with Crippen LogP contribution in [0.3, 0.4) is 0 Å². The molecule has 1 amide bonds. The Hall–Kier alpha value is -1.81. The molecule has 1 aliphatic heterocycles. The number of amides is 1. The van der Waals surface area contributed by atoms with Gasteiger partial charge in [-0.15, -0.1) is 10.2 Å². The van der Waals surface area contributed by atoms with E-state index in [0.717, 1.165) is 40.7 Å². The summed E-state index contributed by atoms with van der Waals surface area (Å²) in [4.78, 5) is 15.6. The molecule has 2 atom stereocenters. The molecule has 2 heterocycles. The fourth-order valence-electron chi connectivity index (χ4n) is 3.77. The third-order valence-electron chi connectivity index (χ3n) is 6.74. The average Bonchev–Trinajstić information content (AvgIpc) is 3.33. The van der Waals surface area contributed by atoms with E-state index in [1.165, 1.54) is 4.90 Å². The molecule has 1 N–H and O–H groups in total. The van der Waals surface area contributed by atoms with Crippen molar-refractivity contribution in [1.82, 2.24) is 20.0 Å². The molecule has 0 unspecified atom stereocenters. The minimum absolute atomic E-state index is 0.177. The van der Waals surface area contributed by atoms with Gasteiger partial charge in [-0.2, -0.15) is 0 Å². The van der Waals surface area contributed by atoms with Gasteiger partial charge in [-0.3, -0.25) is 4.90 Å². The standard InChI is InChI=1S/C23H36N4O3SSi/c1-16-24-25-21(31-16)18-10-8-9-17(13-18)20(26(5)22(28)29)15-27-12-11-19(14-27)30-32(6,7)23(2,3)4/h8-10,13,19-20H,11-12,14-15H2,1-7H3,(H,28,29)/t19-,20+/m0/s1. The van der Waals surface area contributed by atoms with Gasteiger partial charge in [-0.1, -0.05) is 50.3 Å². The number of carboxylic acid groups (broad SMARTS) is 1. The second kappa shape index (κ2) is 9.58. The maximum Gasteiger partial charge on any atom is 0.407 e. The molecule has 0 aliphatic carbocycles. The van der Waals surface area contributed by atoms with Gasteiger partial charge in [-0.25, -0.2) is 4.79 Å². The zero-order valence-electron chi connectivity index (χ0n) is 20.3. The number of hydrogen-bond acceptors (Lipinski definition) is 6. The van der Waals surface area contributed by atoms with Crippen LogP contribution in [0, 0.1) is 6.92 Å². The van der Waals surface area contributed by atoms with Gasteiger partial charge in [-0.05, 0) is 43.1 Å². The van der Waals surface area contributed by atoms with Crippen LogP contribution < -0.4 is 0 Å². The SMILES string of the molecule is Cc1nnc(-c2cccc([C@@H](CN3CC[C@H](O[Si](C)(C)C(C)(C)C)C3)N(C)C(=O)O)c2)s1. The van der Waals surface area contributed by atoms with Gasteiger partial charge in [0.25, 0.3) is 0 Å². The van der Waals surface area contributed by atoms with E-state index in [4.69, 9.17) is 4.43 Å². The summed E-state index contributed by atoms with van der Waals surface area (Å²) >= 11 is 1.54. The highest BCUT2D eigenvalue weighted by Crippen LogP contribution is 2.38. The first-order valence-corrected chi connectivity index (χ1v) is 14.9. The van der Waals surface area contributed by atoms with Crippen molar-refractivity contribution in [3.63, 3.8) is 0 Å². The molecule has 1 saturated heterocycles. The van der Waals surface area contributed by atoms with Crippen LogP contribution in [0.4, 0.5) is 4.79 Å². The van der Waals surface area contributed by atoms with Crippen LogP contribution in [0.1, 0.15) is 43.8 Å². The van der Waals surface area contributed by atoms with Crippen LogP contribution in [-0.4, -0.2) is 72.3 Å². The van der Waals surface area contributed by atoms with Crippen molar-refractivity contribution in [2.24, 2.45) is 0 Å². The van der Waals surface area contributed by atoms with Crippen molar-refractivity contribution in [1.29, 1.82) is 0 Å². The number of aromatic nitrogens is 2. The second-order valence-corrected chi connectivity index (χ2v) is 16.1. The van der Waals surface area contributed by atoms with Crippen molar-refractivity contribution < 1.29 is 14.3 Å². The molecule has 9 heteroatoms. The normalized spacial score (nSPS) is 18.7. The predicted octanol–water partition coefficient (Wildman–Crippen LogP) is 5.26. The number of carbonyl (C=O) groups is 1. The van der Waals surface area contributed by atoms with E-state index in [0.29, 0.717) is 6.54 Å². The number of aryl methyl sites for hydroxylation is 1. The number of hydrogen-bond donors (Lipinski definition) is 1. The van der Waals surface area contributed by atoms with E-state index in [1.54, 1.807) is 18.4 Å². The maximum atomic E-state index is 11.9. The Morgan fingerprint density at radius 2 is 2.09 bits per heavy atom. The van der Waals surface area contributed by atoms with Crippen LogP contribution in [0.5, 0.6) is 0 Å². The Labute approximate surface area is 196 Å². The first kappa shape index (κ1) is 24.8. The first-order valence-electron chi connectivity index (χ1n) is 11.1. The quantitative estimate of drug-likeness (QED) is 0.549. The Balaban J connectivity index is 1.76. The highest BCUT2D eigenvalue weighted by molar-refractivity contribution is 7.14. The predicted molar refractivity (Wildman–Crippen MR) is 132 cm³/mol. The Morgan fingerprint density at radius 1 is 1.38 bits per heavy atom. The smallest absolute Gasteiger partial charge is 0.407 e. The Bertz CT molecular complexity index is 943. The molecule has 0 radical (unpaired) electrons. The molecule has 2 aromatic rings. The number of benzene rings is 1. The number of likely N-dealkylation sites (N-methyl/N-ethyl adjacent to an activating group) is 1. The highest BCUT2D eigenvalue weighted by Gasteiger charge is 2.41. The van der Waals surface area contributed by atoms with Crippen molar-refractivity contribution >= 4 is 25.7 Å². The third kappa shape index (κ3) is 5.75. The summed E-state index contributed by atoms with van der Waals surface area (Å²) in [5, 5.41) is 20.0. The molecule has 0 saturated carbocycles. The lowest BCUT2D eigenvalue weighted by atomic mass is 10.0. The monoisotopic (exact) mass is 476 g/mol. The van der Waals surface area contributed by atoms with E-state index < -0.39 is 14.4 Å². The fraction of sp³-hybridized carbons (Fsp3) is 0.609. The molecule has 1 aliphatic rings. The minimum atomic E-state index is -1.83. The molecule has 7 nitrogen and oxygen atoms in total. The molecule has 1 aromatic carbocycles. The first-order chi connectivity index (χ1) is 14.9. The van der Waals surface area contributed by atoms with Gasteiger partial charge in [0.15, 0.2) is 8.32 Å². The molecule has 3 rings (SSSR count). The summed E-state index contributed by atoms with van der Waals surface area (Å²) in [6, 6.07) is 7.75. The lowest BCUT2D eigenvalue weighted by Gasteiger charge is -2.38. The van der Waals surface area contributed by atoms with Crippen LogP contribution in [0.25, 0.3) is 10.6 Å². The van der Waals surface area contributed by atoms with Gasteiger partial charge in [0.05, 0.1) is 12.1 Å². The van der Waals surface area contributed by atoms with Crippen LogP contribution in [0.15, 0.2) is 24.3 Å². The van der Waals surface area contributed by atoms with Crippen molar-refractivity contribution in [3.05, 3.63) is 34.8 Å². The number of likely N-dealkylation sites (tertiary alicyclic amines) is 1. The lowest BCUT2D eigenvalue weighted by molar-refractivity contribution is 0.121. The Morgan fingerprint density at radius 3 is 2.69 bits per heavy atom. The van der Waals surface area contributed by atoms with Crippen LogP contribution >= 0.6 is 11.3 Å². The van der Waals surface area contributed by atoms with Gasteiger partial charge in [0.2, 0.25) is 0 Å². The number of nitrogens with zero attached hydrogens (tertiary/aromatic N) is 4. The summed E-state index contributed by atoms with van der Waals surface area (Å²) in [7, 11) is -0.182. The van der Waals surface area contributed by atoms with Gasteiger partial charge in [0, 0.05) is 32.2 Å². The van der Waals surface area contributed by atoms with Gasteiger partial charge >= 0.3 is 6.09 Å². The summed E-state index contributed by atoms with van der Waals surface area (Å²) in [5.74, 6) is 0. The van der Waals surface area contributed by atoms with Crippen molar-refractivity contribution in [2.45, 2.75) is 64.4 Å². The molecular weight excluding hydrogens is 440 g/mol. The summed E-state index contributed by atoms with van der Waals surface area (Å²) < 4.78 is 6.62. The summed E-state index contributed by atoms with van der Waals surface area (Å²) in [6.45, 7) is 15.7. The second-order valence-electron chi connectivity index (χ2n) is 10.2. The van der Waals surface area contributed by atoms with Crippen LogP contribution in [0.2, 0.25) is 18.1 Å². The third-order valence-corrected chi connectivity index (χ3v) is 12.2. The largest absolute Gasteiger partial charge is 0.465 e. The minimum Gasteiger partial charge on any atom is -0.465 e. The zero-order valence-corrected chi connectivity index (χ0v) is 22.1. The molecule has 0 spiro atoms. The maximum absolute atomic E-state index is 11.9. The lowest BCUT2D eigenvalue weighted by Crippen LogP contribution is -2.45. The zero-order chi connectivity index (χ0) is 23.7. The molecule has 176 valence electrons. The van der Waals surface area contributed by atoms with Gasteiger partial charge in [0.1, 0.15) is 10.0 Å². The number of rotatable bonds is 7. The molecule has 32 heavy (non-hydrogen) atoms. The van der Waals surface area contributed by atoms with E-state index in [2.05, 4.69) is 49.0 Å². The van der Waals surface area contributed by atoms with Crippen LogP contribution in [-0.2, 0) is 4.43 Å². The Kier molecular flexibility index (Phi) is 7.43. The van der Waals surface area contributed by atoms with E-state index >= 15 is 0 Å². The summed E-state index contributed by atoms with van der Waals surface area (Å²) in [5.41, 5.74) is 1.94. The van der Waals surface area contributed by atoms with Crippen molar-refractivity contribution in [2.75, 3.05) is 26.7 Å². The molecule has 1 fully saturated rings. The van der Waals surface area contributed by atoms with E-state index in [-0.39, 0.29) is 17.2 Å². The molecular formula is C23H36N4O3SSi. The van der Waals surface area contributed by atoms with E-state index in [9.17, 15) is 9.90 Å². The van der Waals surface area contributed by atoms with E-state index in [1.807, 2.05) is 31.2 Å².